The number of carbonyl (C=O) groups excluding carboxylic acids is 1. The van der Waals surface area contributed by atoms with Gasteiger partial charge in [-0.05, 0) is 38.5 Å². The lowest BCUT2D eigenvalue weighted by atomic mass is 9.78. The molecule has 0 saturated heterocycles. The summed E-state index contributed by atoms with van der Waals surface area (Å²) in [5.74, 6) is 0.810. The second kappa shape index (κ2) is 32.8. The van der Waals surface area contributed by atoms with Gasteiger partial charge in [-0.1, -0.05) is 214 Å². The number of hydrogen-bond acceptors (Lipinski definition) is 1. The Balaban J connectivity index is 3.75. The Morgan fingerprint density at radius 2 is 0.674 bits per heavy atom. The van der Waals surface area contributed by atoms with Gasteiger partial charge in [0.1, 0.15) is 5.78 Å². The first-order chi connectivity index (χ1) is 20.9. The van der Waals surface area contributed by atoms with Crippen LogP contribution in [0.15, 0.2) is 12.2 Å². The molecule has 1 atom stereocenters. The van der Waals surface area contributed by atoms with Gasteiger partial charge in [0.25, 0.3) is 0 Å². The van der Waals surface area contributed by atoms with Gasteiger partial charge in [0.2, 0.25) is 0 Å². The Kier molecular flexibility index (Phi) is 32.3. The van der Waals surface area contributed by atoms with Crippen molar-refractivity contribution >= 4 is 5.78 Å². The highest BCUT2D eigenvalue weighted by atomic mass is 16.1. The van der Waals surface area contributed by atoms with Gasteiger partial charge in [-0.2, -0.15) is 0 Å². The van der Waals surface area contributed by atoms with Crippen LogP contribution in [0.5, 0.6) is 0 Å². The molecule has 0 spiro atoms. The molecule has 1 nitrogen and oxygen atoms in total. The second-order valence-corrected chi connectivity index (χ2v) is 15.1. The summed E-state index contributed by atoms with van der Waals surface area (Å²) < 4.78 is 0. The average Bonchev–Trinajstić information content (AvgIpc) is 2.98. The summed E-state index contributed by atoms with van der Waals surface area (Å²) in [6.45, 7) is 11.0. The minimum absolute atomic E-state index is 0.192. The van der Waals surface area contributed by atoms with Crippen molar-refractivity contribution in [3.05, 3.63) is 12.2 Å². The van der Waals surface area contributed by atoms with Crippen LogP contribution in [0.25, 0.3) is 0 Å². The van der Waals surface area contributed by atoms with Crippen LogP contribution in [0.3, 0.4) is 0 Å². The zero-order valence-corrected chi connectivity index (χ0v) is 30.8. The molecule has 1 heteroatoms. The molecule has 0 radical (unpaired) electrons. The molecule has 0 aliphatic heterocycles. The minimum atomic E-state index is -0.192. The normalized spacial score (nSPS) is 12.9. The van der Waals surface area contributed by atoms with Crippen LogP contribution in [0.4, 0.5) is 0 Å². The number of ketones is 1. The fraction of sp³-hybridized carbons (Fsp3) is 0.929. The quantitative estimate of drug-likeness (QED) is 0.0529. The first-order valence-corrected chi connectivity index (χ1v) is 20.1. The predicted octanol–water partition coefficient (Wildman–Crippen LogP) is 15.3. The molecule has 0 aliphatic rings. The molecule has 0 aromatic carbocycles. The third-order valence-corrected chi connectivity index (χ3v) is 9.58. The van der Waals surface area contributed by atoms with E-state index in [9.17, 15) is 4.79 Å². The Bertz CT molecular complexity index is 582. The molecule has 0 N–H and O–H groups in total. The van der Waals surface area contributed by atoms with E-state index < -0.39 is 0 Å². The maximum Gasteiger partial charge on any atom is 0.141 e. The van der Waals surface area contributed by atoms with Crippen molar-refractivity contribution in [2.24, 2.45) is 11.3 Å². The number of hydrogen-bond donors (Lipinski definition) is 0. The van der Waals surface area contributed by atoms with Gasteiger partial charge in [0.15, 0.2) is 0 Å². The highest BCUT2D eigenvalue weighted by molar-refractivity contribution is 5.85. The van der Waals surface area contributed by atoms with Crippen LogP contribution in [-0.2, 0) is 4.79 Å². The van der Waals surface area contributed by atoms with E-state index >= 15 is 0 Å². The van der Waals surface area contributed by atoms with E-state index in [2.05, 4.69) is 46.8 Å². The molecule has 0 bridgehead atoms. The molecule has 43 heavy (non-hydrogen) atoms. The molecular weight excluding hydrogens is 520 g/mol. The summed E-state index contributed by atoms with van der Waals surface area (Å²) >= 11 is 0. The summed E-state index contributed by atoms with van der Waals surface area (Å²) in [6.07, 6.45) is 48.5. The fourth-order valence-corrected chi connectivity index (χ4v) is 6.60. The van der Waals surface area contributed by atoms with Crippen molar-refractivity contribution in [1.82, 2.24) is 0 Å². The molecular formula is C42H82O. The molecule has 0 heterocycles. The molecule has 1 unspecified atom stereocenters. The highest BCUT2D eigenvalue weighted by Gasteiger charge is 2.28. The van der Waals surface area contributed by atoms with E-state index in [4.69, 9.17) is 0 Å². The first kappa shape index (κ1) is 42.4. The van der Waals surface area contributed by atoms with Crippen molar-refractivity contribution < 1.29 is 4.79 Å². The van der Waals surface area contributed by atoms with Gasteiger partial charge in [0, 0.05) is 11.3 Å². The summed E-state index contributed by atoms with van der Waals surface area (Å²) in [5.41, 5.74) is -0.192. The monoisotopic (exact) mass is 603 g/mol. The highest BCUT2D eigenvalue weighted by Crippen LogP contribution is 2.28. The maximum absolute atomic E-state index is 13.1. The van der Waals surface area contributed by atoms with Gasteiger partial charge < -0.3 is 0 Å². The van der Waals surface area contributed by atoms with Crippen LogP contribution < -0.4 is 0 Å². The Hall–Kier alpha value is -0.590. The lowest BCUT2D eigenvalue weighted by Crippen LogP contribution is -2.28. The molecule has 0 aromatic rings. The predicted molar refractivity (Wildman–Crippen MR) is 196 cm³/mol. The zero-order chi connectivity index (χ0) is 31.7. The average molecular weight is 603 g/mol. The molecule has 256 valence electrons. The van der Waals surface area contributed by atoms with Crippen molar-refractivity contribution in [1.29, 1.82) is 0 Å². The van der Waals surface area contributed by atoms with E-state index in [1.807, 2.05) is 0 Å². The van der Waals surface area contributed by atoms with Crippen LogP contribution >= 0.6 is 0 Å². The summed E-state index contributed by atoms with van der Waals surface area (Å²) in [6, 6.07) is 0. The van der Waals surface area contributed by atoms with Crippen LogP contribution in [0.1, 0.15) is 240 Å². The molecule has 0 saturated carbocycles. The largest absolute Gasteiger partial charge is 0.299 e. The lowest BCUT2D eigenvalue weighted by molar-refractivity contribution is -0.131. The minimum Gasteiger partial charge on any atom is -0.299 e. The number of unbranched alkanes of at least 4 members (excludes halogenated alkanes) is 27. The SMILES string of the molecule is CCCCCCCC/C=C\CCCCCCCCC(CCCCCCCCCCCCCCCCCC)C(=O)C(C)(C)C. The van der Waals surface area contributed by atoms with Gasteiger partial charge in [-0.15, -0.1) is 0 Å². The molecule has 0 aliphatic carbocycles. The van der Waals surface area contributed by atoms with Crippen molar-refractivity contribution in [3.63, 3.8) is 0 Å². The topological polar surface area (TPSA) is 17.1 Å². The van der Waals surface area contributed by atoms with Crippen molar-refractivity contribution in [3.8, 4) is 0 Å². The van der Waals surface area contributed by atoms with E-state index in [1.54, 1.807) is 0 Å². The van der Waals surface area contributed by atoms with Gasteiger partial charge >= 0.3 is 0 Å². The Morgan fingerprint density at radius 1 is 0.419 bits per heavy atom. The van der Waals surface area contributed by atoms with Gasteiger partial charge in [-0.3, -0.25) is 4.79 Å². The van der Waals surface area contributed by atoms with E-state index in [-0.39, 0.29) is 5.41 Å². The molecule has 0 fully saturated rings. The summed E-state index contributed by atoms with van der Waals surface area (Å²) in [5, 5.41) is 0. The summed E-state index contributed by atoms with van der Waals surface area (Å²) in [4.78, 5) is 13.1. The van der Waals surface area contributed by atoms with Crippen molar-refractivity contribution in [2.75, 3.05) is 0 Å². The van der Waals surface area contributed by atoms with Crippen molar-refractivity contribution in [2.45, 2.75) is 240 Å². The van der Waals surface area contributed by atoms with Crippen LogP contribution in [-0.4, -0.2) is 5.78 Å². The smallest absolute Gasteiger partial charge is 0.141 e. The lowest BCUT2D eigenvalue weighted by Gasteiger charge is -2.25. The first-order valence-electron chi connectivity index (χ1n) is 20.1. The molecule has 0 amide bonds. The second-order valence-electron chi connectivity index (χ2n) is 15.1. The van der Waals surface area contributed by atoms with Gasteiger partial charge in [-0.25, -0.2) is 0 Å². The fourth-order valence-electron chi connectivity index (χ4n) is 6.60. The Morgan fingerprint density at radius 3 is 0.953 bits per heavy atom. The van der Waals surface area contributed by atoms with E-state index in [0.717, 1.165) is 12.8 Å². The zero-order valence-electron chi connectivity index (χ0n) is 30.8. The third kappa shape index (κ3) is 31.2. The van der Waals surface area contributed by atoms with E-state index in [0.29, 0.717) is 11.7 Å². The molecule has 0 rings (SSSR count). The van der Waals surface area contributed by atoms with Crippen LogP contribution in [0, 0.1) is 11.3 Å². The number of carbonyl (C=O) groups is 1. The standard InChI is InChI=1S/C42H82O/c1-6-8-10-12-14-16-18-20-22-24-26-28-30-32-34-36-38-40(41(43)42(3,4)5)39-37-35-33-31-29-27-25-23-21-19-17-15-13-11-9-7-2/h20,22,40H,6-19,21,23-39H2,1-5H3/b22-20-. The number of Topliss-reactive ketones (excluding diaryl/α,β-unsaturated/α-hetero) is 1. The molecule has 0 aromatic heterocycles. The number of rotatable bonds is 34. The van der Waals surface area contributed by atoms with Crippen LogP contribution in [0.2, 0.25) is 0 Å². The van der Waals surface area contributed by atoms with Gasteiger partial charge in [0.05, 0.1) is 0 Å². The summed E-state index contributed by atoms with van der Waals surface area (Å²) in [7, 11) is 0. The number of allylic oxidation sites excluding steroid dienone is 2. The third-order valence-electron chi connectivity index (χ3n) is 9.58. The van der Waals surface area contributed by atoms with E-state index in [1.165, 1.54) is 193 Å². The Labute approximate surface area is 273 Å². The maximum atomic E-state index is 13.1.